The number of alkyl halides is 3. The van der Waals surface area contributed by atoms with E-state index in [2.05, 4.69) is 16.2 Å². The molecule has 1 amide bonds. The minimum atomic E-state index is -5.17. The van der Waals surface area contributed by atoms with Gasteiger partial charge < -0.3 is 10.2 Å². The number of hydrogen-bond donors (Lipinski definition) is 1. The molecule has 1 saturated heterocycles. The number of halogens is 3. The largest absolute Gasteiger partial charge is 0.492 e. The first-order valence-corrected chi connectivity index (χ1v) is 10.6. The van der Waals surface area contributed by atoms with Crippen LogP contribution in [0.1, 0.15) is 30.4 Å². The number of benzene rings is 2. The lowest BCUT2D eigenvalue weighted by atomic mass is 9.99. The number of nitrogens with zero attached hydrogens (tertiary/aromatic N) is 3. The molecule has 1 fully saturated rings. The summed E-state index contributed by atoms with van der Waals surface area (Å²) in [4.78, 5) is 28.3. The molecule has 1 aliphatic heterocycles. The number of piperidine rings is 1. The van der Waals surface area contributed by atoms with Gasteiger partial charge in [0.1, 0.15) is 12.1 Å². The van der Waals surface area contributed by atoms with Crippen LogP contribution in [0.3, 0.4) is 0 Å². The molecule has 0 radical (unpaired) electrons. The summed E-state index contributed by atoms with van der Waals surface area (Å²) >= 11 is 0. The molecule has 2 aromatic carbocycles. The van der Waals surface area contributed by atoms with E-state index in [1.54, 1.807) is 30.3 Å². The molecule has 1 unspecified atom stereocenters. The molecule has 2 atom stereocenters. The van der Waals surface area contributed by atoms with Gasteiger partial charge in [0.2, 0.25) is 5.91 Å². The molecule has 34 heavy (non-hydrogen) atoms. The maximum absolute atomic E-state index is 12.7. The number of hydroxylamine groups is 2. The molecular weight excluding hydrogens is 449 g/mol. The van der Waals surface area contributed by atoms with Gasteiger partial charge in [-0.3, -0.25) is 4.79 Å². The van der Waals surface area contributed by atoms with Crippen LogP contribution in [0.2, 0.25) is 0 Å². The molecule has 0 aliphatic carbocycles. The van der Waals surface area contributed by atoms with Crippen molar-refractivity contribution in [3.63, 3.8) is 0 Å². The maximum atomic E-state index is 12.7. The third-order valence-corrected chi connectivity index (χ3v) is 5.38. The van der Waals surface area contributed by atoms with Crippen molar-refractivity contribution in [3.8, 4) is 23.3 Å². The van der Waals surface area contributed by atoms with E-state index in [1.807, 2.05) is 24.3 Å². The van der Waals surface area contributed by atoms with Crippen LogP contribution in [0, 0.1) is 22.7 Å². The molecule has 1 N–H and O–H groups in total. The van der Waals surface area contributed by atoms with Crippen LogP contribution >= 0.6 is 0 Å². The third kappa shape index (κ3) is 6.33. The Kier molecular flexibility index (Phi) is 7.87. The van der Waals surface area contributed by atoms with E-state index < -0.39 is 30.1 Å². The molecule has 7 nitrogen and oxygen atoms in total. The molecule has 176 valence electrons. The zero-order chi connectivity index (χ0) is 24.7. The smallest absolute Gasteiger partial charge is 0.360 e. The predicted octanol–water partition coefficient (Wildman–Crippen LogP) is 3.65. The van der Waals surface area contributed by atoms with Gasteiger partial charge in [-0.15, -0.1) is 5.06 Å². The second kappa shape index (κ2) is 10.8. The maximum Gasteiger partial charge on any atom is 0.492 e. The van der Waals surface area contributed by atoms with Crippen LogP contribution in [-0.4, -0.2) is 41.7 Å². The third-order valence-electron chi connectivity index (χ3n) is 5.38. The average Bonchev–Trinajstić information content (AvgIpc) is 2.83. The van der Waals surface area contributed by atoms with Crippen LogP contribution in [0.4, 0.5) is 13.2 Å². The Hall–Kier alpha value is -3.89. The topological polar surface area (TPSA) is 106 Å². The van der Waals surface area contributed by atoms with Gasteiger partial charge in [0, 0.05) is 13.0 Å². The molecule has 0 bridgehead atoms. The zero-order valence-electron chi connectivity index (χ0n) is 18.0. The monoisotopic (exact) mass is 470 g/mol. The Bertz CT molecular complexity index is 1120. The van der Waals surface area contributed by atoms with E-state index in [9.17, 15) is 28.0 Å². The number of hydrogen-bond acceptors (Lipinski definition) is 6. The second-order valence-corrected chi connectivity index (χ2v) is 7.81. The number of carbonyl (C=O) groups excluding carboxylic acids is 2. The summed E-state index contributed by atoms with van der Waals surface area (Å²) in [6.07, 6.45) is -3.75. The standard InChI is InChI=1S/C24H21F3N4O3/c25-24(26,27)23(33)34-31-11-2-1-6-21(31)22(32)30-20(15-29)13-16-7-9-18(10-8-16)19-5-3-4-17(12-19)14-28/h3-5,7-10,12,20-21H,1-2,6,11,13H2,(H,30,32)/t20-,21?/m0/s1. The summed E-state index contributed by atoms with van der Waals surface area (Å²) in [7, 11) is 0. The van der Waals surface area contributed by atoms with Gasteiger partial charge in [0.25, 0.3) is 0 Å². The van der Waals surface area contributed by atoms with Crippen molar-refractivity contribution in [1.82, 2.24) is 10.4 Å². The lowest BCUT2D eigenvalue weighted by molar-refractivity contribution is -0.248. The summed E-state index contributed by atoms with van der Waals surface area (Å²) < 4.78 is 37.7. The molecule has 1 aliphatic rings. The van der Waals surface area contributed by atoms with Gasteiger partial charge in [-0.05, 0) is 48.1 Å². The first kappa shape index (κ1) is 24.7. The molecule has 1 heterocycles. The van der Waals surface area contributed by atoms with Gasteiger partial charge >= 0.3 is 12.1 Å². The van der Waals surface area contributed by atoms with E-state index in [4.69, 9.17) is 5.26 Å². The molecule has 0 saturated carbocycles. The van der Waals surface area contributed by atoms with Crippen LogP contribution in [0.25, 0.3) is 11.1 Å². The minimum absolute atomic E-state index is 0.00834. The van der Waals surface area contributed by atoms with Crippen molar-refractivity contribution >= 4 is 11.9 Å². The molecule has 10 heteroatoms. The van der Waals surface area contributed by atoms with Crippen LogP contribution < -0.4 is 5.32 Å². The van der Waals surface area contributed by atoms with Crippen LogP contribution in [0.15, 0.2) is 48.5 Å². The fourth-order valence-electron chi connectivity index (χ4n) is 3.67. The normalized spacial score (nSPS) is 17.1. The van der Waals surface area contributed by atoms with Crippen molar-refractivity contribution in [1.29, 1.82) is 10.5 Å². The summed E-state index contributed by atoms with van der Waals surface area (Å²) in [6, 6.07) is 16.4. The number of amides is 1. The van der Waals surface area contributed by atoms with Crippen LogP contribution in [-0.2, 0) is 20.8 Å². The summed E-state index contributed by atoms with van der Waals surface area (Å²) in [6.45, 7) is -0.00834. The fourth-order valence-corrected chi connectivity index (χ4v) is 3.67. The van der Waals surface area contributed by atoms with E-state index in [0.29, 0.717) is 18.4 Å². The lowest BCUT2D eigenvalue weighted by Gasteiger charge is -2.33. The number of carbonyl (C=O) groups is 2. The van der Waals surface area contributed by atoms with Gasteiger partial charge in [-0.2, -0.15) is 23.7 Å². The van der Waals surface area contributed by atoms with E-state index in [1.165, 1.54) is 0 Å². The number of nitriles is 2. The predicted molar refractivity (Wildman–Crippen MR) is 114 cm³/mol. The molecular formula is C24H21F3N4O3. The van der Waals surface area contributed by atoms with Crippen molar-refractivity contribution in [3.05, 3.63) is 59.7 Å². The summed E-state index contributed by atoms with van der Waals surface area (Å²) in [5.41, 5.74) is 3.03. The quantitative estimate of drug-likeness (QED) is 0.691. The van der Waals surface area contributed by atoms with E-state index in [0.717, 1.165) is 21.8 Å². The van der Waals surface area contributed by atoms with Gasteiger partial charge in [0.15, 0.2) is 0 Å². The number of rotatable bonds is 6. The first-order chi connectivity index (χ1) is 16.2. The van der Waals surface area contributed by atoms with Crippen LogP contribution in [0.5, 0.6) is 0 Å². The average molecular weight is 470 g/mol. The van der Waals surface area contributed by atoms with E-state index in [-0.39, 0.29) is 19.4 Å². The molecule has 2 aromatic rings. The Balaban J connectivity index is 1.64. The Morgan fingerprint density at radius 3 is 2.50 bits per heavy atom. The first-order valence-electron chi connectivity index (χ1n) is 10.6. The Labute approximate surface area is 194 Å². The van der Waals surface area contributed by atoms with Crippen molar-refractivity contribution < 1.29 is 27.6 Å². The van der Waals surface area contributed by atoms with Gasteiger partial charge in [-0.1, -0.05) is 36.4 Å². The Morgan fingerprint density at radius 2 is 1.85 bits per heavy atom. The highest BCUT2D eigenvalue weighted by Gasteiger charge is 2.44. The highest BCUT2D eigenvalue weighted by molar-refractivity contribution is 5.83. The molecule has 0 aromatic heterocycles. The second-order valence-electron chi connectivity index (χ2n) is 7.81. The molecule has 0 spiro atoms. The Morgan fingerprint density at radius 1 is 1.12 bits per heavy atom. The summed E-state index contributed by atoms with van der Waals surface area (Å²) in [5, 5.41) is 21.8. The highest BCUT2D eigenvalue weighted by Crippen LogP contribution is 2.24. The SMILES string of the molecule is N#Cc1cccc(-c2ccc(C[C@@H](C#N)NC(=O)C3CCCCN3OC(=O)C(F)(F)F)cc2)c1. The van der Waals surface area contributed by atoms with Crippen molar-refractivity contribution in [2.24, 2.45) is 0 Å². The minimum Gasteiger partial charge on any atom is -0.360 e. The lowest BCUT2D eigenvalue weighted by Crippen LogP contribution is -2.53. The highest BCUT2D eigenvalue weighted by atomic mass is 19.4. The van der Waals surface area contributed by atoms with Gasteiger partial charge in [-0.25, -0.2) is 4.79 Å². The molecule has 3 rings (SSSR count). The van der Waals surface area contributed by atoms with Crippen molar-refractivity contribution in [2.75, 3.05) is 6.54 Å². The zero-order valence-corrected chi connectivity index (χ0v) is 18.0. The number of nitrogens with one attached hydrogen (secondary N) is 1. The van der Waals surface area contributed by atoms with Crippen molar-refractivity contribution in [2.45, 2.75) is 43.9 Å². The fraction of sp³-hybridized carbons (Fsp3) is 0.333. The van der Waals surface area contributed by atoms with E-state index >= 15 is 0 Å². The summed E-state index contributed by atoms with van der Waals surface area (Å²) in [5.74, 6) is -3.06. The van der Waals surface area contributed by atoms with Gasteiger partial charge in [0.05, 0.1) is 17.7 Å².